The standard InChI is InChI=1S/C46H57ClN4O9Si/c1-45(2,3)61(6,7)60-30-34-27-38(47)39(28-41(34)58-5)49-42(52)15-11-12-31-18-21-37(33-13-9-8-10-14-33)40(26-31)50(44(54)55)46(4)24-22-35(23-25-46)48-43(53)59-29-32-16-19-36(20-17-32)51(56)57/h8-10,13-14,16-21,26-28,35H,11-12,15,22-25,29-30H2,1-7H3,(H,48,53)(H,49,52)(H,54,55). The maximum atomic E-state index is 13.2. The number of aryl methyl sites for hydroxylation is 1. The Morgan fingerprint density at radius 1 is 0.967 bits per heavy atom. The van der Waals surface area contributed by atoms with Gasteiger partial charge in [-0.1, -0.05) is 74.8 Å². The van der Waals surface area contributed by atoms with Crippen molar-refractivity contribution in [3.63, 3.8) is 0 Å². The zero-order valence-corrected chi connectivity index (χ0v) is 37.8. The van der Waals surface area contributed by atoms with E-state index in [0.29, 0.717) is 72.8 Å². The highest BCUT2D eigenvalue weighted by molar-refractivity contribution is 6.74. The highest BCUT2D eigenvalue weighted by Gasteiger charge is 2.42. The summed E-state index contributed by atoms with van der Waals surface area (Å²) in [5, 5.41) is 28.0. The summed E-state index contributed by atoms with van der Waals surface area (Å²) < 4.78 is 17.4. The Hall–Kier alpha value is -5.44. The predicted octanol–water partition coefficient (Wildman–Crippen LogP) is 11.5. The monoisotopic (exact) mass is 872 g/mol. The van der Waals surface area contributed by atoms with Crippen LogP contribution in [0, 0.1) is 10.1 Å². The van der Waals surface area contributed by atoms with E-state index in [9.17, 15) is 29.6 Å². The number of nitrogens with zero attached hydrogens (tertiary/aromatic N) is 2. The van der Waals surface area contributed by atoms with Crippen LogP contribution in [0.15, 0.2) is 84.9 Å². The summed E-state index contributed by atoms with van der Waals surface area (Å²) in [6.07, 6.45) is 1.52. The Kier molecular flexibility index (Phi) is 15.3. The van der Waals surface area contributed by atoms with E-state index in [-0.39, 0.29) is 35.7 Å². The summed E-state index contributed by atoms with van der Waals surface area (Å²) in [7, 11) is -0.449. The van der Waals surface area contributed by atoms with E-state index in [4.69, 9.17) is 25.5 Å². The lowest BCUT2D eigenvalue weighted by Gasteiger charge is -2.45. The van der Waals surface area contributed by atoms with Gasteiger partial charge in [0.1, 0.15) is 12.4 Å². The van der Waals surface area contributed by atoms with Gasteiger partial charge >= 0.3 is 12.2 Å². The molecule has 1 saturated carbocycles. The number of carbonyl (C=O) groups is 3. The topological polar surface area (TPSA) is 170 Å². The summed E-state index contributed by atoms with van der Waals surface area (Å²) in [4.78, 5) is 51.1. The number of rotatable bonds is 16. The summed E-state index contributed by atoms with van der Waals surface area (Å²) in [6, 6.07) is 24.5. The van der Waals surface area contributed by atoms with Crippen molar-refractivity contribution in [2.24, 2.45) is 0 Å². The molecule has 0 aromatic heterocycles. The number of carbonyl (C=O) groups excluding carboxylic acids is 2. The molecule has 1 aliphatic rings. The van der Waals surface area contributed by atoms with E-state index >= 15 is 0 Å². The van der Waals surface area contributed by atoms with Crippen molar-refractivity contribution in [1.82, 2.24) is 5.32 Å². The Bertz CT molecular complexity index is 2190. The van der Waals surface area contributed by atoms with Crippen molar-refractivity contribution in [1.29, 1.82) is 0 Å². The number of halogens is 1. The van der Waals surface area contributed by atoms with E-state index in [1.165, 1.54) is 29.2 Å². The Morgan fingerprint density at radius 2 is 1.62 bits per heavy atom. The molecule has 0 radical (unpaired) electrons. The second-order valence-electron chi connectivity index (χ2n) is 17.3. The maximum Gasteiger partial charge on any atom is 0.412 e. The average Bonchev–Trinajstić information content (AvgIpc) is 3.21. The molecule has 0 bridgehead atoms. The zero-order valence-electron chi connectivity index (χ0n) is 36.0. The number of non-ortho nitro benzene ring substituents is 1. The number of alkyl carbamates (subject to hydrolysis) is 1. The summed E-state index contributed by atoms with van der Waals surface area (Å²) in [6.45, 7) is 13.1. The molecule has 0 aliphatic heterocycles. The number of nitro benzene ring substituents is 1. The predicted molar refractivity (Wildman–Crippen MR) is 241 cm³/mol. The molecule has 0 spiro atoms. The molecule has 4 aromatic carbocycles. The average molecular weight is 874 g/mol. The largest absolute Gasteiger partial charge is 0.496 e. The smallest absolute Gasteiger partial charge is 0.412 e. The van der Waals surface area contributed by atoms with Crippen LogP contribution in [0.3, 0.4) is 0 Å². The van der Waals surface area contributed by atoms with Crippen LogP contribution in [0.2, 0.25) is 23.2 Å². The minimum atomic E-state index is -2.02. The van der Waals surface area contributed by atoms with Crippen molar-refractivity contribution in [3.8, 4) is 16.9 Å². The lowest BCUT2D eigenvalue weighted by Crippen LogP contribution is -2.54. The van der Waals surface area contributed by atoms with E-state index in [0.717, 1.165) is 22.3 Å². The lowest BCUT2D eigenvalue weighted by atomic mass is 9.79. The van der Waals surface area contributed by atoms with Gasteiger partial charge in [-0.3, -0.25) is 19.8 Å². The second-order valence-corrected chi connectivity index (χ2v) is 22.6. The fraction of sp³-hybridized carbons (Fsp3) is 0.413. The van der Waals surface area contributed by atoms with Crippen LogP contribution in [0.25, 0.3) is 11.1 Å². The first-order chi connectivity index (χ1) is 28.8. The highest BCUT2D eigenvalue weighted by Crippen LogP contribution is 2.42. The van der Waals surface area contributed by atoms with Crippen LogP contribution < -0.4 is 20.3 Å². The minimum Gasteiger partial charge on any atom is -0.496 e. The molecule has 326 valence electrons. The zero-order chi connectivity index (χ0) is 44.5. The van der Waals surface area contributed by atoms with Crippen molar-refractivity contribution < 1.29 is 38.3 Å². The summed E-state index contributed by atoms with van der Waals surface area (Å²) >= 11 is 6.65. The molecule has 0 heterocycles. The minimum absolute atomic E-state index is 0.0409. The van der Waals surface area contributed by atoms with E-state index in [1.807, 2.05) is 55.5 Å². The first kappa shape index (κ1) is 46.6. The van der Waals surface area contributed by atoms with Crippen molar-refractivity contribution >= 4 is 55.1 Å². The van der Waals surface area contributed by atoms with Crippen LogP contribution in [0.4, 0.5) is 26.7 Å². The van der Waals surface area contributed by atoms with E-state index < -0.39 is 31.0 Å². The number of hydrogen-bond acceptors (Lipinski definition) is 8. The van der Waals surface area contributed by atoms with Crippen molar-refractivity contribution in [2.45, 2.75) is 116 Å². The van der Waals surface area contributed by atoms with Gasteiger partial charge in [0.2, 0.25) is 5.91 Å². The van der Waals surface area contributed by atoms with Crippen molar-refractivity contribution in [3.05, 3.63) is 117 Å². The molecule has 4 aromatic rings. The van der Waals surface area contributed by atoms with Gasteiger partial charge in [0, 0.05) is 47.3 Å². The Labute approximate surface area is 364 Å². The Morgan fingerprint density at radius 3 is 2.23 bits per heavy atom. The molecule has 1 aliphatic carbocycles. The van der Waals surface area contributed by atoms with Gasteiger partial charge in [-0.2, -0.15) is 0 Å². The van der Waals surface area contributed by atoms with E-state index in [2.05, 4.69) is 44.5 Å². The maximum absolute atomic E-state index is 13.2. The van der Waals surface area contributed by atoms with Crippen LogP contribution in [-0.2, 0) is 33.6 Å². The lowest BCUT2D eigenvalue weighted by molar-refractivity contribution is -0.384. The first-order valence-corrected chi connectivity index (χ1v) is 23.8. The third-order valence-electron chi connectivity index (χ3n) is 11.9. The van der Waals surface area contributed by atoms with Gasteiger partial charge in [0.05, 0.1) is 35.0 Å². The molecule has 1 fully saturated rings. The number of benzene rings is 4. The normalized spacial score (nSPS) is 16.6. The SMILES string of the molecule is COc1cc(NC(=O)CCCc2ccc(-c3ccccc3)c(N(C(=O)O)C3(C)CCC(NC(=O)OCc4ccc([N+](=O)[O-])cc4)CC3)c2)c(Cl)cc1CO[Si](C)(C)C(C)(C)C. The number of nitrogens with one attached hydrogen (secondary N) is 2. The van der Waals surface area contributed by atoms with Crippen LogP contribution in [0.1, 0.15) is 82.9 Å². The molecular weight excluding hydrogens is 816 g/mol. The van der Waals surface area contributed by atoms with E-state index in [1.54, 1.807) is 19.2 Å². The molecule has 15 heteroatoms. The summed E-state index contributed by atoms with van der Waals surface area (Å²) in [5.74, 6) is 0.362. The number of ether oxygens (including phenoxy) is 2. The third kappa shape index (κ3) is 12.1. The highest BCUT2D eigenvalue weighted by atomic mass is 35.5. The number of amides is 3. The fourth-order valence-corrected chi connectivity index (χ4v) is 8.40. The Balaban J connectivity index is 1.24. The molecule has 0 unspecified atom stereocenters. The fourth-order valence-electron chi connectivity index (χ4n) is 7.22. The number of hydrogen-bond donors (Lipinski definition) is 3. The van der Waals surface area contributed by atoms with Gasteiger partial charge < -0.3 is 29.6 Å². The molecule has 0 saturated heterocycles. The van der Waals surface area contributed by atoms with Crippen LogP contribution in [-0.4, -0.2) is 55.1 Å². The quantitative estimate of drug-likeness (QED) is 0.0563. The molecule has 3 N–H and O–H groups in total. The first-order valence-electron chi connectivity index (χ1n) is 20.5. The molecule has 0 atom stereocenters. The van der Waals surface area contributed by atoms with Crippen LogP contribution in [0.5, 0.6) is 5.75 Å². The van der Waals surface area contributed by atoms with Gasteiger partial charge in [-0.25, -0.2) is 9.59 Å². The molecule has 13 nitrogen and oxygen atoms in total. The second kappa shape index (κ2) is 20.0. The van der Waals surface area contributed by atoms with Crippen LogP contribution >= 0.6 is 11.6 Å². The number of nitro groups is 1. The van der Waals surface area contributed by atoms with Gasteiger partial charge in [-0.05, 0) is 105 Å². The number of methoxy groups -OCH3 is 1. The third-order valence-corrected chi connectivity index (χ3v) is 16.7. The van der Waals surface area contributed by atoms with Crippen molar-refractivity contribution in [2.75, 3.05) is 17.3 Å². The van der Waals surface area contributed by atoms with Gasteiger partial charge in [0.15, 0.2) is 8.32 Å². The number of anilines is 2. The molecule has 3 amide bonds. The van der Waals surface area contributed by atoms with Gasteiger partial charge in [0.25, 0.3) is 5.69 Å². The molecule has 5 rings (SSSR count). The van der Waals surface area contributed by atoms with Gasteiger partial charge in [-0.15, -0.1) is 0 Å². The number of carboxylic acid groups (broad SMARTS) is 1. The molecule has 61 heavy (non-hydrogen) atoms. The molecular formula is C46H57ClN4O9Si. The summed E-state index contributed by atoms with van der Waals surface area (Å²) in [5.41, 5.74) is 4.09.